The summed E-state index contributed by atoms with van der Waals surface area (Å²) < 4.78 is 4.50. The van der Waals surface area contributed by atoms with Crippen LogP contribution >= 0.6 is 0 Å². The van der Waals surface area contributed by atoms with E-state index in [-0.39, 0.29) is 30.3 Å². The molecular weight excluding hydrogens is 258 g/mol. The molecule has 2 N–H and O–H groups in total. The van der Waals surface area contributed by atoms with Crippen LogP contribution in [0.15, 0.2) is 9.59 Å². The molecule has 7 nitrogen and oxygen atoms in total. The van der Waals surface area contributed by atoms with E-state index in [0.717, 1.165) is 5.82 Å². The predicted octanol–water partition coefficient (Wildman–Crippen LogP) is -0.00130. The number of imidazole rings is 1. The molecule has 0 bridgehead atoms. The number of fused-ring (bicyclic) bond motifs is 1. The van der Waals surface area contributed by atoms with Crippen molar-refractivity contribution in [2.75, 3.05) is 6.54 Å². The van der Waals surface area contributed by atoms with E-state index in [1.807, 2.05) is 27.8 Å². The smallest absolute Gasteiger partial charge is 0.329 e. The van der Waals surface area contributed by atoms with Gasteiger partial charge in [0.25, 0.3) is 5.56 Å². The lowest BCUT2D eigenvalue weighted by Crippen LogP contribution is -2.41. The second-order valence-corrected chi connectivity index (χ2v) is 5.13. The third-order valence-corrected chi connectivity index (χ3v) is 3.46. The lowest BCUT2D eigenvalue weighted by molar-refractivity contribution is 0.585. The van der Waals surface area contributed by atoms with Crippen molar-refractivity contribution >= 4 is 11.2 Å². The molecule has 110 valence electrons. The third-order valence-electron chi connectivity index (χ3n) is 3.46. The van der Waals surface area contributed by atoms with Crippen LogP contribution in [-0.4, -0.2) is 25.2 Å². The first kappa shape index (κ1) is 14.5. The van der Waals surface area contributed by atoms with Crippen molar-refractivity contribution in [3.8, 4) is 0 Å². The van der Waals surface area contributed by atoms with Crippen molar-refractivity contribution in [1.82, 2.24) is 18.7 Å². The zero-order valence-electron chi connectivity index (χ0n) is 12.4. The van der Waals surface area contributed by atoms with E-state index in [0.29, 0.717) is 17.7 Å². The Morgan fingerprint density at radius 1 is 1.25 bits per heavy atom. The van der Waals surface area contributed by atoms with Gasteiger partial charge < -0.3 is 10.3 Å². The largest absolute Gasteiger partial charge is 0.332 e. The molecule has 0 saturated carbocycles. The van der Waals surface area contributed by atoms with Gasteiger partial charge in [0.2, 0.25) is 0 Å². The van der Waals surface area contributed by atoms with Crippen molar-refractivity contribution in [2.45, 2.75) is 39.8 Å². The Morgan fingerprint density at radius 3 is 2.40 bits per heavy atom. The molecule has 2 aromatic heterocycles. The fraction of sp³-hybridized carbons (Fsp3) is 0.615. The Morgan fingerprint density at radius 2 is 1.90 bits per heavy atom. The molecule has 0 atom stereocenters. The molecule has 0 radical (unpaired) electrons. The van der Waals surface area contributed by atoms with Gasteiger partial charge in [0.05, 0.1) is 0 Å². The quantitative estimate of drug-likeness (QED) is 0.853. The van der Waals surface area contributed by atoms with Gasteiger partial charge in [-0.05, 0) is 6.92 Å². The normalized spacial score (nSPS) is 11.7. The summed E-state index contributed by atoms with van der Waals surface area (Å²) in [7, 11) is 1.81. The average molecular weight is 279 g/mol. The minimum Gasteiger partial charge on any atom is -0.329 e. The Labute approximate surface area is 116 Å². The fourth-order valence-corrected chi connectivity index (χ4v) is 2.51. The molecule has 0 amide bonds. The number of hydrogen-bond donors (Lipinski definition) is 1. The fourth-order valence-electron chi connectivity index (χ4n) is 2.51. The Bertz CT molecular complexity index is 751. The van der Waals surface area contributed by atoms with Gasteiger partial charge in [-0.2, -0.15) is 0 Å². The van der Waals surface area contributed by atoms with Gasteiger partial charge in [-0.3, -0.25) is 13.9 Å². The number of rotatable bonds is 4. The lowest BCUT2D eigenvalue weighted by atomic mass is 10.2. The van der Waals surface area contributed by atoms with Gasteiger partial charge in [-0.15, -0.1) is 0 Å². The number of nitrogens with two attached hydrogens (primary N) is 1. The molecule has 2 heterocycles. The van der Waals surface area contributed by atoms with Gasteiger partial charge in [-0.25, -0.2) is 9.78 Å². The van der Waals surface area contributed by atoms with Crippen LogP contribution in [0.5, 0.6) is 0 Å². The summed E-state index contributed by atoms with van der Waals surface area (Å²) in [6.45, 7) is 6.81. The molecule has 0 aromatic carbocycles. The SMILES string of the molecule is CCn1c(=O)n(CCN)c(=O)c2c1nc(C(C)C)n2C. The van der Waals surface area contributed by atoms with Crippen molar-refractivity contribution in [1.29, 1.82) is 0 Å². The number of nitrogens with zero attached hydrogens (tertiary/aromatic N) is 4. The molecule has 2 rings (SSSR count). The maximum absolute atomic E-state index is 12.5. The zero-order chi connectivity index (χ0) is 15.0. The lowest BCUT2D eigenvalue weighted by Gasteiger charge is -2.09. The summed E-state index contributed by atoms with van der Waals surface area (Å²) in [6, 6.07) is 0. The number of aromatic nitrogens is 4. The van der Waals surface area contributed by atoms with E-state index in [4.69, 9.17) is 5.73 Å². The van der Waals surface area contributed by atoms with Crippen LogP contribution in [0, 0.1) is 0 Å². The van der Waals surface area contributed by atoms with Gasteiger partial charge >= 0.3 is 5.69 Å². The van der Waals surface area contributed by atoms with Crippen molar-refractivity contribution in [3.05, 3.63) is 26.7 Å². The summed E-state index contributed by atoms with van der Waals surface area (Å²) in [5, 5.41) is 0. The van der Waals surface area contributed by atoms with Crippen LogP contribution in [0.25, 0.3) is 11.2 Å². The first-order valence-corrected chi connectivity index (χ1v) is 6.84. The summed E-state index contributed by atoms with van der Waals surface area (Å²) >= 11 is 0. The molecule has 0 spiro atoms. The van der Waals surface area contributed by atoms with Crippen molar-refractivity contribution < 1.29 is 0 Å². The Hall–Kier alpha value is -1.89. The van der Waals surface area contributed by atoms with Crippen molar-refractivity contribution in [3.63, 3.8) is 0 Å². The summed E-state index contributed by atoms with van der Waals surface area (Å²) in [6.07, 6.45) is 0. The van der Waals surface area contributed by atoms with Crippen LogP contribution in [-0.2, 0) is 20.1 Å². The number of aryl methyl sites for hydroxylation is 2. The highest BCUT2D eigenvalue weighted by atomic mass is 16.2. The molecule has 7 heteroatoms. The molecule has 0 aliphatic rings. The minimum atomic E-state index is -0.344. The van der Waals surface area contributed by atoms with Crippen LogP contribution in [0.1, 0.15) is 32.5 Å². The van der Waals surface area contributed by atoms with Gasteiger partial charge in [0, 0.05) is 32.6 Å². The minimum absolute atomic E-state index is 0.176. The van der Waals surface area contributed by atoms with Crippen LogP contribution in [0.4, 0.5) is 0 Å². The second kappa shape index (κ2) is 5.24. The van der Waals surface area contributed by atoms with E-state index in [1.54, 1.807) is 4.57 Å². The van der Waals surface area contributed by atoms with Crippen molar-refractivity contribution in [2.24, 2.45) is 12.8 Å². The molecule has 0 unspecified atom stereocenters. The summed E-state index contributed by atoms with van der Waals surface area (Å²) in [4.78, 5) is 29.3. The maximum atomic E-state index is 12.5. The predicted molar refractivity (Wildman–Crippen MR) is 78.1 cm³/mol. The maximum Gasteiger partial charge on any atom is 0.332 e. The van der Waals surface area contributed by atoms with Gasteiger partial charge in [-0.1, -0.05) is 13.8 Å². The van der Waals surface area contributed by atoms with Crippen LogP contribution in [0.3, 0.4) is 0 Å². The van der Waals surface area contributed by atoms with E-state index in [1.165, 1.54) is 9.13 Å². The van der Waals surface area contributed by atoms with E-state index in [9.17, 15) is 9.59 Å². The third kappa shape index (κ3) is 1.98. The summed E-state index contributed by atoms with van der Waals surface area (Å²) in [5.41, 5.74) is 5.76. The Kier molecular flexibility index (Phi) is 3.80. The molecule has 0 saturated heterocycles. The van der Waals surface area contributed by atoms with Crippen LogP contribution < -0.4 is 17.0 Å². The molecule has 2 aromatic rings. The number of hydrogen-bond acceptors (Lipinski definition) is 4. The van der Waals surface area contributed by atoms with Gasteiger partial charge in [0.15, 0.2) is 11.2 Å². The topological polar surface area (TPSA) is 87.8 Å². The van der Waals surface area contributed by atoms with Crippen LogP contribution in [0.2, 0.25) is 0 Å². The second-order valence-electron chi connectivity index (χ2n) is 5.13. The molecule has 0 aliphatic heterocycles. The van der Waals surface area contributed by atoms with E-state index in [2.05, 4.69) is 4.98 Å². The molecule has 0 fully saturated rings. The molecule has 0 aliphatic carbocycles. The monoisotopic (exact) mass is 279 g/mol. The highest BCUT2D eigenvalue weighted by molar-refractivity contribution is 5.71. The zero-order valence-corrected chi connectivity index (χ0v) is 12.4. The Balaban J connectivity index is 2.98. The summed E-state index contributed by atoms with van der Waals surface area (Å²) in [5.74, 6) is 0.972. The first-order valence-electron chi connectivity index (χ1n) is 6.84. The van der Waals surface area contributed by atoms with E-state index < -0.39 is 0 Å². The average Bonchev–Trinajstić information content (AvgIpc) is 2.73. The molecule has 20 heavy (non-hydrogen) atoms. The van der Waals surface area contributed by atoms with Gasteiger partial charge in [0.1, 0.15) is 5.82 Å². The highest BCUT2D eigenvalue weighted by Gasteiger charge is 2.20. The van der Waals surface area contributed by atoms with E-state index >= 15 is 0 Å². The molecular formula is C13H21N5O2. The standard InChI is InChI=1S/C13H21N5O2/c1-5-17-11-9(16(4)10(15-11)8(2)3)12(19)18(7-6-14)13(17)20/h8H,5-7,14H2,1-4H3. The highest BCUT2D eigenvalue weighted by Crippen LogP contribution is 2.17. The first-order chi connectivity index (χ1) is 9.43.